The van der Waals surface area contributed by atoms with Gasteiger partial charge in [0.25, 0.3) is 0 Å². The number of carbonyl (C=O) groups is 2. The third kappa shape index (κ3) is 5.03. The van der Waals surface area contributed by atoms with Gasteiger partial charge in [0.05, 0.1) is 12.2 Å². The number of allylic oxidation sites excluding steroid dienone is 3. The first-order valence-corrected chi connectivity index (χ1v) is 11.8. The molecule has 1 aliphatic heterocycles. The highest BCUT2D eigenvalue weighted by Crippen LogP contribution is 2.46. The summed E-state index contributed by atoms with van der Waals surface area (Å²) in [5.41, 5.74) is 4.26. The molecule has 1 heterocycles. The number of Topliss-reactive ketones (excluding diaryl/α,β-unsaturated/α-hetero) is 1. The molecule has 0 amide bonds. The number of phenolic OH excluding ortho intramolecular Hbond substituents is 1. The molecule has 6 nitrogen and oxygen atoms in total. The van der Waals surface area contributed by atoms with Crippen LogP contribution >= 0.6 is 11.6 Å². The molecule has 0 aromatic heterocycles. The Morgan fingerprint density at radius 1 is 1.06 bits per heavy atom. The number of esters is 1. The van der Waals surface area contributed by atoms with Gasteiger partial charge in [-0.2, -0.15) is 0 Å². The van der Waals surface area contributed by atoms with Crippen molar-refractivity contribution < 1.29 is 24.2 Å². The lowest BCUT2D eigenvalue weighted by Crippen LogP contribution is -2.36. The van der Waals surface area contributed by atoms with E-state index in [1.54, 1.807) is 24.3 Å². The first-order chi connectivity index (χ1) is 16.4. The molecule has 178 valence electrons. The Bertz CT molecular complexity index is 1130. The molecule has 0 radical (unpaired) electrons. The van der Waals surface area contributed by atoms with Gasteiger partial charge in [0.2, 0.25) is 0 Å². The van der Waals surface area contributed by atoms with Gasteiger partial charge in [-0.3, -0.25) is 4.79 Å². The number of nitrogens with one attached hydrogen (secondary N) is 1. The molecule has 0 spiro atoms. The molecule has 2 aromatic carbocycles. The van der Waals surface area contributed by atoms with E-state index in [-0.39, 0.29) is 24.1 Å². The zero-order chi connectivity index (χ0) is 24.2. The number of dihydropyridines is 1. The summed E-state index contributed by atoms with van der Waals surface area (Å²) in [7, 11) is 0. The van der Waals surface area contributed by atoms with Crippen LogP contribution in [0.3, 0.4) is 0 Å². The smallest absolute Gasteiger partial charge is 0.336 e. The van der Waals surface area contributed by atoms with Crippen LogP contribution in [0.4, 0.5) is 0 Å². The number of ketones is 1. The highest BCUT2D eigenvalue weighted by Gasteiger charge is 2.41. The van der Waals surface area contributed by atoms with E-state index < -0.39 is 11.9 Å². The van der Waals surface area contributed by atoms with Crippen molar-refractivity contribution in [2.45, 2.75) is 38.5 Å². The number of hydrogen-bond donors (Lipinski definition) is 2. The number of hydrogen-bond acceptors (Lipinski definition) is 6. The van der Waals surface area contributed by atoms with Crippen molar-refractivity contribution in [2.75, 3.05) is 19.8 Å². The Hall–Kier alpha value is -3.09. The minimum absolute atomic E-state index is 0.0149. The average Bonchev–Trinajstić information content (AvgIpc) is 2.81. The van der Waals surface area contributed by atoms with Crippen molar-refractivity contribution in [3.63, 3.8) is 0 Å². The standard InChI is InChI=1S/C27H28ClNO5/c1-3-33-12-13-34-27(32)24-16(2)29-22-14-19(17-4-8-20(28)9-5-17)15-23(31)26(22)25(24)18-6-10-21(30)11-7-18/h4-11,19,25,29-30H,3,12-15H2,1-2H3/t19-,25-/m1/s1. The van der Waals surface area contributed by atoms with Gasteiger partial charge in [-0.15, -0.1) is 0 Å². The predicted octanol–water partition coefficient (Wildman–Crippen LogP) is 4.99. The maximum Gasteiger partial charge on any atom is 0.336 e. The average molecular weight is 482 g/mol. The largest absolute Gasteiger partial charge is 0.508 e. The Balaban J connectivity index is 1.70. The van der Waals surface area contributed by atoms with Crippen LogP contribution in [-0.4, -0.2) is 36.7 Å². The third-order valence-corrected chi connectivity index (χ3v) is 6.53. The maximum atomic E-state index is 13.5. The van der Waals surface area contributed by atoms with Crippen LogP contribution in [0.15, 0.2) is 71.1 Å². The maximum absolute atomic E-state index is 13.5. The number of halogens is 1. The lowest BCUT2D eigenvalue weighted by atomic mass is 9.72. The third-order valence-electron chi connectivity index (χ3n) is 6.28. The number of phenols is 1. The van der Waals surface area contributed by atoms with Gasteiger partial charge in [0.15, 0.2) is 5.78 Å². The van der Waals surface area contributed by atoms with Gasteiger partial charge in [0.1, 0.15) is 12.4 Å². The van der Waals surface area contributed by atoms with E-state index in [1.807, 2.05) is 38.1 Å². The van der Waals surface area contributed by atoms with Crippen LogP contribution in [0.5, 0.6) is 5.75 Å². The first kappa shape index (κ1) is 24.0. The number of aromatic hydroxyl groups is 1. The van der Waals surface area contributed by atoms with E-state index in [0.29, 0.717) is 47.9 Å². The highest BCUT2D eigenvalue weighted by atomic mass is 35.5. The SMILES string of the molecule is CCOCCOC(=O)C1=C(C)NC2=C(C(=O)C[C@H](c3ccc(Cl)cc3)C2)[C@@H]1c1ccc(O)cc1. The molecule has 7 heteroatoms. The second-order valence-electron chi connectivity index (χ2n) is 8.49. The number of ether oxygens (including phenoxy) is 2. The second kappa shape index (κ2) is 10.5. The topological polar surface area (TPSA) is 84.9 Å². The van der Waals surface area contributed by atoms with Crippen molar-refractivity contribution >= 4 is 23.4 Å². The molecule has 0 bridgehead atoms. The van der Waals surface area contributed by atoms with Crippen molar-refractivity contribution in [1.29, 1.82) is 0 Å². The fourth-order valence-electron chi connectivity index (χ4n) is 4.70. The van der Waals surface area contributed by atoms with E-state index in [2.05, 4.69) is 5.32 Å². The van der Waals surface area contributed by atoms with E-state index in [4.69, 9.17) is 21.1 Å². The molecule has 0 saturated carbocycles. The van der Waals surface area contributed by atoms with E-state index in [9.17, 15) is 14.7 Å². The van der Waals surface area contributed by atoms with Crippen LogP contribution < -0.4 is 5.32 Å². The number of rotatable bonds is 7. The monoisotopic (exact) mass is 481 g/mol. The van der Waals surface area contributed by atoms with E-state index in [0.717, 1.165) is 16.8 Å². The highest BCUT2D eigenvalue weighted by molar-refractivity contribution is 6.30. The molecule has 2 aromatic rings. The summed E-state index contributed by atoms with van der Waals surface area (Å²) in [6, 6.07) is 14.2. The predicted molar refractivity (Wildman–Crippen MR) is 130 cm³/mol. The van der Waals surface area contributed by atoms with Crippen LogP contribution in [0, 0.1) is 0 Å². The van der Waals surface area contributed by atoms with Gasteiger partial charge in [0, 0.05) is 40.9 Å². The van der Waals surface area contributed by atoms with Gasteiger partial charge < -0.3 is 19.9 Å². The Labute approximate surface area is 204 Å². The van der Waals surface area contributed by atoms with Crippen molar-refractivity contribution in [3.8, 4) is 5.75 Å². The summed E-state index contributed by atoms with van der Waals surface area (Å²) >= 11 is 6.04. The van der Waals surface area contributed by atoms with Gasteiger partial charge >= 0.3 is 5.97 Å². The molecule has 0 unspecified atom stereocenters. The van der Waals surface area contributed by atoms with Gasteiger partial charge in [-0.25, -0.2) is 4.79 Å². The molecular weight excluding hydrogens is 454 g/mol. The Kier molecular flexibility index (Phi) is 7.39. The molecule has 0 saturated heterocycles. The molecule has 0 fully saturated rings. The molecular formula is C27H28ClNO5. The van der Waals surface area contributed by atoms with Crippen LogP contribution in [-0.2, 0) is 19.1 Å². The second-order valence-corrected chi connectivity index (χ2v) is 8.93. The molecule has 34 heavy (non-hydrogen) atoms. The summed E-state index contributed by atoms with van der Waals surface area (Å²) in [5, 5.41) is 13.8. The number of benzene rings is 2. The summed E-state index contributed by atoms with van der Waals surface area (Å²) in [4.78, 5) is 26.7. The first-order valence-electron chi connectivity index (χ1n) is 11.4. The normalized spacial score (nSPS) is 20.1. The summed E-state index contributed by atoms with van der Waals surface area (Å²) in [5.74, 6) is -0.939. The van der Waals surface area contributed by atoms with Crippen molar-refractivity contribution in [2.24, 2.45) is 0 Å². The lowest BCUT2D eigenvalue weighted by Gasteiger charge is -2.36. The zero-order valence-corrected chi connectivity index (χ0v) is 20.0. The fraction of sp³-hybridized carbons (Fsp3) is 0.333. The molecule has 4 rings (SSSR count). The summed E-state index contributed by atoms with van der Waals surface area (Å²) in [6.07, 6.45) is 0.976. The van der Waals surface area contributed by atoms with Crippen molar-refractivity contribution in [1.82, 2.24) is 5.32 Å². The summed E-state index contributed by atoms with van der Waals surface area (Å²) in [6.45, 7) is 4.68. The Morgan fingerprint density at radius 3 is 2.41 bits per heavy atom. The molecule has 2 atom stereocenters. The summed E-state index contributed by atoms with van der Waals surface area (Å²) < 4.78 is 10.8. The van der Waals surface area contributed by atoms with E-state index in [1.165, 1.54) is 0 Å². The van der Waals surface area contributed by atoms with Gasteiger partial charge in [-0.05, 0) is 61.6 Å². The lowest BCUT2D eigenvalue weighted by molar-refractivity contribution is -0.140. The van der Waals surface area contributed by atoms with Crippen LogP contribution in [0.2, 0.25) is 5.02 Å². The van der Waals surface area contributed by atoms with Crippen LogP contribution in [0.1, 0.15) is 49.7 Å². The molecule has 1 aliphatic carbocycles. The van der Waals surface area contributed by atoms with Crippen molar-refractivity contribution in [3.05, 3.63) is 87.2 Å². The minimum atomic E-state index is -0.574. The number of carbonyl (C=O) groups excluding carboxylic acids is 2. The molecule has 2 aliphatic rings. The molecule has 2 N–H and O–H groups in total. The van der Waals surface area contributed by atoms with Gasteiger partial charge in [-0.1, -0.05) is 35.9 Å². The van der Waals surface area contributed by atoms with Crippen LogP contribution in [0.25, 0.3) is 0 Å². The van der Waals surface area contributed by atoms with E-state index >= 15 is 0 Å². The Morgan fingerprint density at radius 2 is 1.74 bits per heavy atom. The zero-order valence-electron chi connectivity index (χ0n) is 19.3. The minimum Gasteiger partial charge on any atom is -0.508 e. The quantitative estimate of drug-likeness (QED) is 0.428. The fourth-order valence-corrected chi connectivity index (χ4v) is 4.82.